The van der Waals surface area contributed by atoms with E-state index in [1.807, 2.05) is 36.4 Å². The highest BCUT2D eigenvalue weighted by Gasteiger charge is 2.25. The summed E-state index contributed by atoms with van der Waals surface area (Å²) in [4.78, 5) is 63.1. The van der Waals surface area contributed by atoms with Crippen LogP contribution < -0.4 is 21.3 Å². The van der Waals surface area contributed by atoms with Crippen molar-refractivity contribution in [2.24, 2.45) is 0 Å². The second-order valence-corrected chi connectivity index (χ2v) is 10.7. The lowest BCUT2D eigenvalue weighted by atomic mass is 10.0. The zero-order valence-electron chi connectivity index (χ0n) is 24.1. The largest absolute Gasteiger partial charge is 0.444 e. The van der Waals surface area contributed by atoms with Gasteiger partial charge in [0.15, 0.2) is 5.78 Å². The van der Waals surface area contributed by atoms with Crippen LogP contribution in [0.15, 0.2) is 84.9 Å². The van der Waals surface area contributed by atoms with E-state index in [-0.39, 0.29) is 12.2 Å². The van der Waals surface area contributed by atoms with Gasteiger partial charge in [-0.1, -0.05) is 60.7 Å². The normalized spacial score (nSPS) is 12.3. The molecule has 10 heteroatoms. The van der Waals surface area contributed by atoms with Gasteiger partial charge in [-0.05, 0) is 57.5 Å². The molecule has 42 heavy (non-hydrogen) atoms. The van der Waals surface area contributed by atoms with Crippen LogP contribution in [-0.2, 0) is 25.5 Å². The lowest BCUT2D eigenvalue weighted by Crippen LogP contribution is -2.54. The van der Waals surface area contributed by atoms with Gasteiger partial charge in [-0.25, -0.2) is 4.79 Å². The van der Waals surface area contributed by atoms with Crippen molar-refractivity contribution in [3.63, 3.8) is 0 Å². The Balaban J connectivity index is 1.59. The number of ether oxygens (including phenoxy) is 1. The molecule has 0 spiro atoms. The van der Waals surface area contributed by atoms with Crippen molar-refractivity contribution in [1.29, 1.82) is 0 Å². The van der Waals surface area contributed by atoms with Crippen molar-refractivity contribution in [2.45, 2.75) is 51.8 Å². The van der Waals surface area contributed by atoms with Gasteiger partial charge in [0.1, 0.15) is 24.2 Å². The molecule has 10 nitrogen and oxygen atoms in total. The minimum absolute atomic E-state index is 0.137. The number of benzene rings is 3. The van der Waals surface area contributed by atoms with E-state index in [4.69, 9.17) is 4.74 Å². The number of rotatable bonds is 11. The minimum atomic E-state index is -1.01. The van der Waals surface area contributed by atoms with Crippen LogP contribution in [0.4, 0.5) is 10.5 Å². The topological polar surface area (TPSA) is 143 Å². The Hall–Kier alpha value is -4.99. The Kier molecular flexibility index (Phi) is 11.0. The average molecular weight is 573 g/mol. The smallest absolute Gasteiger partial charge is 0.408 e. The summed E-state index contributed by atoms with van der Waals surface area (Å²) in [6, 6.07) is 22.4. The maximum absolute atomic E-state index is 13.2. The third-order valence-electron chi connectivity index (χ3n) is 5.93. The molecule has 220 valence electrons. The molecule has 0 heterocycles. The van der Waals surface area contributed by atoms with E-state index in [2.05, 4.69) is 21.3 Å². The van der Waals surface area contributed by atoms with Crippen LogP contribution in [0.2, 0.25) is 0 Å². The fraction of sp³-hybridized carbons (Fsp3) is 0.281. The maximum Gasteiger partial charge on any atom is 0.408 e. The van der Waals surface area contributed by atoms with E-state index < -0.39 is 48.0 Å². The van der Waals surface area contributed by atoms with E-state index >= 15 is 0 Å². The third kappa shape index (κ3) is 10.2. The molecule has 0 aromatic heterocycles. The number of carbonyl (C=O) groups is 5. The predicted octanol–water partition coefficient (Wildman–Crippen LogP) is 3.61. The van der Waals surface area contributed by atoms with Gasteiger partial charge < -0.3 is 26.0 Å². The number of alkyl carbamates (subject to hydrolysis) is 1. The number of carbonyl (C=O) groups excluding carboxylic acids is 5. The van der Waals surface area contributed by atoms with Crippen LogP contribution in [0.3, 0.4) is 0 Å². The molecule has 3 aromatic rings. The van der Waals surface area contributed by atoms with Gasteiger partial charge in [0, 0.05) is 23.2 Å². The number of hydrogen-bond donors (Lipinski definition) is 4. The van der Waals surface area contributed by atoms with Crippen molar-refractivity contribution in [2.75, 3.05) is 11.9 Å². The number of ketones is 1. The summed E-state index contributed by atoms with van der Waals surface area (Å²) < 4.78 is 5.13. The second kappa shape index (κ2) is 14.6. The first kappa shape index (κ1) is 31.5. The zero-order valence-corrected chi connectivity index (χ0v) is 24.1. The molecule has 0 bridgehead atoms. The highest BCUT2D eigenvalue weighted by atomic mass is 16.6. The van der Waals surface area contributed by atoms with Gasteiger partial charge in [-0.2, -0.15) is 0 Å². The maximum atomic E-state index is 13.2. The highest BCUT2D eigenvalue weighted by Crippen LogP contribution is 2.14. The average Bonchev–Trinajstić information content (AvgIpc) is 2.96. The molecule has 0 unspecified atom stereocenters. The summed E-state index contributed by atoms with van der Waals surface area (Å²) >= 11 is 0. The summed E-state index contributed by atoms with van der Waals surface area (Å²) in [6.45, 7) is 6.23. The quantitative estimate of drug-likeness (QED) is 0.259. The third-order valence-corrected chi connectivity index (χ3v) is 5.93. The molecule has 4 amide bonds. The molecule has 0 aliphatic rings. The van der Waals surface area contributed by atoms with Crippen molar-refractivity contribution in [3.05, 3.63) is 102 Å². The number of nitrogens with one attached hydrogen (secondary N) is 4. The molecule has 0 saturated heterocycles. The Morgan fingerprint density at radius 2 is 1.31 bits per heavy atom. The van der Waals surface area contributed by atoms with E-state index in [9.17, 15) is 24.0 Å². The van der Waals surface area contributed by atoms with Gasteiger partial charge in [0.25, 0.3) is 0 Å². The molecular weight excluding hydrogens is 536 g/mol. The first-order valence-corrected chi connectivity index (χ1v) is 13.5. The molecular formula is C32H36N4O6. The van der Waals surface area contributed by atoms with E-state index in [0.717, 1.165) is 5.56 Å². The van der Waals surface area contributed by atoms with Gasteiger partial charge in [-0.3, -0.25) is 19.2 Å². The second-order valence-electron chi connectivity index (χ2n) is 10.7. The van der Waals surface area contributed by atoms with Crippen molar-refractivity contribution in [3.8, 4) is 0 Å². The van der Waals surface area contributed by atoms with Crippen LogP contribution in [0.25, 0.3) is 0 Å². The molecule has 0 saturated carbocycles. The van der Waals surface area contributed by atoms with E-state index in [1.54, 1.807) is 69.3 Å². The van der Waals surface area contributed by atoms with Gasteiger partial charge in [-0.15, -0.1) is 0 Å². The molecule has 0 aliphatic carbocycles. The molecule has 0 aliphatic heterocycles. The Labute approximate surface area is 245 Å². The SMILES string of the molecule is C[C@H](NC(=O)[C@H](Cc1ccccc1)NC(=O)CNC(=O)OC(C)(C)C)C(=O)Nc1ccc(C(=O)c2ccccc2)cc1. The molecule has 2 atom stereocenters. The van der Waals surface area contributed by atoms with Gasteiger partial charge in [0.05, 0.1) is 0 Å². The summed E-state index contributed by atoms with van der Waals surface area (Å²) in [5.74, 6) is -1.79. The summed E-state index contributed by atoms with van der Waals surface area (Å²) in [5, 5.41) is 10.3. The van der Waals surface area contributed by atoms with Gasteiger partial charge in [0.2, 0.25) is 17.7 Å². The predicted molar refractivity (Wildman–Crippen MR) is 159 cm³/mol. The fourth-order valence-electron chi connectivity index (χ4n) is 3.86. The lowest BCUT2D eigenvalue weighted by molar-refractivity contribution is -0.130. The summed E-state index contributed by atoms with van der Waals surface area (Å²) in [7, 11) is 0. The van der Waals surface area contributed by atoms with E-state index in [1.165, 1.54) is 6.92 Å². The lowest BCUT2D eigenvalue weighted by Gasteiger charge is -2.22. The van der Waals surface area contributed by atoms with Crippen LogP contribution in [-0.4, -0.2) is 53.8 Å². The van der Waals surface area contributed by atoms with Crippen molar-refractivity contribution < 1.29 is 28.7 Å². The molecule has 3 rings (SSSR count). The number of anilines is 1. The minimum Gasteiger partial charge on any atom is -0.444 e. The van der Waals surface area contributed by atoms with E-state index in [0.29, 0.717) is 16.8 Å². The molecule has 0 fully saturated rings. The standard InChI is InChI=1S/C32H36N4O6/c1-21(29(39)35-25-17-15-24(16-18-25)28(38)23-13-9-6-10-14-23)34-30(40)26(19-22-11-7-5-8-12-22)36-27(37)20-33-31(41)42-32(2,3)4/h5-18,21,26H,19-20H2,1-4H3,(H,33,41)(H,34,40)(H,35,39)(H,36,37)/t21-,26-/m0/s1. The van der Waals surface area contributed by atoms with Crippen LogP contribution in [0, 0.1) is 0 Å². The molecule has 0 radical (unpaired) electrons. The van der Waals surface area contributed by atoms with Gasteiger partial charge >= 0.3 is 6.09 Å². The fourth-order valence-corrected chi connectivity index (χ4v) is 3.86. The summed E-state index contributed by atoms with van der Waals surface area (Å²) in [5.41, 5.74) is 1.55. The Morgan fingerprint density at radius 3 is 1.90 bits per heavy atom. The zero-order chi connectivity index (χ0) is 30.7. The van der Waals surface area contributed by atoms with Crippen molar-refractivity contribution >= 4 is 35.3 Å². The van der Waals surface area contributed by atoms with Crippen LogP contribution in [0.5, 0.6) is 0 Å². The Bertz CT molecular complexity index is 1390. The Morgan fingerprint density at radius 1 is 0.738 bits per heavy atom. The van der Waals surface area contributed by atoms with Crippen molar-refractivity contribution in [1.82, 2.24) is 16.0 Å². The molecule has 4 N–H and O–H groups in total. The first-order chi connectivity index (χ1) is 19.9. The van der Waals surface area contributed by atoms with Crippen LogP contribution in [0.1, 0.15) is 49.2 Å². The highest BCUT2D eigenvalue weighted by molar-refractivity contribution is 6.09. The van der Waals surface area contributed by atoms with Crippen LogP contribution >= 0.6 is 0 Å². The first-order valence-electron chi connectivity index (χ1n) is 13.5. The summed E-state index contributed by atoms with van der Waals surface area (Å²) in [6.07, 6.45) is -0.597. The molecule has 3 aromatic carbocycles. The number of amides is 4. The monoisotopic (exact) mass is 572 g/mol. The number of hydrogen-bond acceptors (Lipinski definition) is 6.